The number of para-hydroxylation sites is 1. The van der Waals surface area contributed by atoms with Gasteiger partial charge >= 0.3 is 0 Å². The molecule has 0 N–H and O–H groups in total. The van der Waals surface area contributed by atoms with Crippen LogP contribution >= 0.6 is 0 Å². The highest BCUT2D eigenvalue weighted by Gasteiger charge is 2.37. The standard InChI is InChI=1S/C16H26O2Si/c1-7-12-17-15-11-9-8-10-14(15)13-18-19(5,6)16(2,3)4/h7-11H,1,12-13H2,2-6H3. The van der Waals surface area contributed by atoms with Gasteiger partial charge in [0.2, 0.25) is 0 Å². The predicted molar refractivity (Wildman–Crippen MR) is 84.1 cm³/mol. The van der Waals surface area contributed by atoms with Crippen molar-refractivity contribution in [2.75, 3.05) is 6.61 Å². The molecule has 2 nitrogen and oxygen atoms in total. The summed E-state index contributed by atoms with van der Waals surface area (Å²) in [5, 5.41) is 0.226. The van der Waals surface area contributed by atoms with E-state index in [9.17, 15) is 0 Å². The van der Waals surface area contributed by atoms with Crippen molar-refractivity contribution in [1.29, 1.82) is 0 Å². The topological polar surface area (TPSA) is 18.5 Å². The Kier molecular flexibility index (Phi) is 5.38. The molecule has 0 saturated carbocycles. The van der Waals surface area contributed by atoms with E-state index in [-0.39, 0.29) is 5.04 Å². The van der Waals surface area contributed by atoms with Crippen molar-refractivity contribution in [3.05, 3.63) is 42.5 Å². The minimum atomic E-state index is -1.72. The summed E-state index contributed by atoms with van der Waals surface area (Å²) in [6.45, 7) is 16.1. The number of ether oxygens (including phenoxy) is 1. The lowest BCUT2D eigenvalue weighted by atomic mass is 10.2. The van der Waals surface area contributed by atoms with E-state index >= 15 is 0 Å². The normalized spacial score (nSPS) is 12.3. The fourth-order valence-corrected chi connectivity index (χ4v) is 2.34. The lowest BCUT2D eigenvalue weighted by Gasteiger charge is -2.36. The molecule has 0 bridgehead atoms. The Labute approximate surface area is 118 Å². The van der Waals surface area contributed by atoms with Crippen molar-refractivity contribution in [2.45, 2.75) is 45.5 Å². The van der Waals surface area contributed by atoms with Crippen molar-refractivity contribution in [2.24, 2.45) is 0 Å². The van der Waals surface area contributed by atoms with Crippen molar-refractivity contribution in [3.8, 4) is 5.75 Å². The van der Waals surface area contributed by atoms with Gasteiger partial charge in [-0.25, -0.2) is 0 Å². The van der Waals surface area contributed by atoms with Gasteiger partial charge < -0.3 is 9.16 Å². The molecule has 0 atom stereocenters. The minimum Gasteiger partial charge on any atom is -0.489 e. The average Bonchev–Trinajstić information content (AvgIpc) is 2.33. The highest BCUT2D eigenvalue weighted by molar-refractivity contribution is 6.74. The second-order valence-electron chi connectivity index (χ2n) is 6.26. The quantitative estimate of drug-likeness (QED) is 0.551. The van der Waals surface area contributed by atoms with Gasteiger partial charge in [-0.1, -0.05) is 51.6 Å². The summed E-state index contributed by atoms with van der Waals surface area (Å²) in [5.41, 5.74) is 1.11. The summed E-state index contributed by atoms with van der Waals surface area (Å²) < 4.78 is 11.9. The van der Waals surface area contributed by atoms with Crippen LogP contribution in [0.2, 0.25) is 18.1 Å². The van der Waals surface area contributed by atoms with Gasteiger partial charge in [-0.15, -0.1) is 0 Å². The molecule has 0 heterocycles. The molecule has 0 radical (unpaired) electrons. The molecule has 106 valence electrons. The summed E-state index contributed by atoms with van der Waals surface area (Å²) in [7, 11) is -1.72. The van der Waals surface area contributed by atoms with E-state index < -0.39 is 8.32 Å². The van der Waals surface area contributed by atoms with Gasteiger partial charge in [-0.3, -0.25) is 0 Å². The first kappa shape index (κ1) is 16.0. The zero-order valence-corrected chi connectivity index (χ0v) is 13.8. The molecule has 0 unspecified atom stereocenters. The summed E-state index contributed by atoms with van der Waals surface area (Å²) in [4.78, 5) is 0. The van der Waals surface area contributed by atoms with Crippen LogP contribution in [0.4, 0.5) is 0 Å². The SMILES string of the molecule is C=CCOc1ccccc1CO[Si](C)(C)C(C)(C)C. The zero-order valence-electron chi connectivity index (χ0n) is 12.8. The second-order valence-corrected chi connectivity index (χ2v) is 11.1. The van der Waals surface area contributed by atoms with Crippen molar-refractivity contribution >= 4 is 8.32 Å². The number of hydrogen-bond acceptors (Lipinski definition) is 2. The molecule has 19 heavy (non-hydrogen) atoms. The zero-order chi connectivity index (χ0) is 14.5. The molecule has 0 aromatic heterocycles. The van der Waals surface area contributed by atoms with Gasteiger partial charge in [0.25, 0.3) is 0 Å². The molecular formula is C16H26O2Si. The molecule has 0 aliphatic heterocycles. The Bertz CT molecular complexity index is 419. The van der Waals surface area contributed by atoms with Crippen molar-refractivity contribution in [1.82, 2.24) is 0 Å². The third kappa shape index (κ3) is 4.51. The van der Waals surface area contributed by atoms with E-state index in [1.54, 1.807) is 6.08 Å². The Morgan fingerprint density at radius 2 is 1.84 bits per heavy atom. The second kappa shape index (κ2) is 6.39. The van der Waals surface area contributed by atoms with E-state index in [0.29, 0.717) is 13.2 Å². The van der Waals surface area contributed by atoms with Gasteiger partial charge in [-0.2, -0.15) is 0 Å². The Morgan fingerprint density at radius 1 is 1.21 bits per heavy atom. The minimum absolute atomic E-state index is 0.226. The molecule has 0 saturated heterocycles. The fraction of sp³-hybridized carbons (Fsp3) is 0.500. The summed E-state index contributed by atoms with van der Waals surface area (Å²) in [5.74, 6) is 0.890. The Morgan fingerprint density at radius 3 is 2.42 bits per heavy atom. The smallest absolute Gasteiger partial charge is 0.192 e. The third-order valence-electron chi connectivity index (χ3n) is 3.72. The van der Waals surface area contributed by atoms with Crippen LogP contribution in [0.25, 0.3) is 0 Å². The maximum atomic E-state index is 6.23. The third-order valence-corrected chi connectivity index (χ3v) is 8.20. The van der Waals surface area contributed by atoms with E-state index in [4.69, 9.17) is 9.16 Å². The maximum absolute atomic E-state index is 6.23. The largest absolute Gasteiger partial charge is 0.489 e. The van der Waals surface area contributed by atoms with Crippen LogP contribution in [0.5, 0.6) is 5.75 Å². The molecular weight excluding hydrogens is 252 g/mol. The van der Waals surface area contributed by atoms with E-state index in [1.807, 2.05) is 18.2 Å². The molecule has 0 spiro atoms. The average molecular weight is 278 g/mol. The number of rotatable bonds is 6. The first-order valence-corrected chi connectivity index (χ1v) is 9.64. The maximum Gasteiger partial charge on any atom is 0.192 e. The lowest BCUT2D eigenvalue weighted by molar-refractivity contribution is 0.266. The Hall–Kier alpha value is -1.06. The number of hydrogen-bond donors (Lipinski definition) is 0. The Balaban J connectivity index is 2.75. The first-order valence-electron chi connectivity index (χ1n) is 6.73. The van der Waals surface area contributed by atoms with Gasteiger partial charge in [0, 0.05) is 5.56 Å². The molecule has 0 aliphatic rings. The molecule has 3 heteroatoms. The lowest BCUT2D eigenvalue weighted by Crippen LogP contribution is -2.40. The van der Waals surface area contributed by atoms with Crippen LogP contribution in [0.1, 0.15) is 26.3 Å². The summed E-state index contributed by atoms with van der Waals surface area (Å²) in [6, 6.07) is 8.04. The molecule has 1 aromatic rings. The van der Waals surface area contributed by atoms with E-state index in [0.717, 1.165) is 11.3 Å². The molecule has 0 amide bonds. The fourth-order valence-electron chi connectivity index (χ4n) is 1.39. The highest BCUT2D eigenvalue weighted by Crippen LogP contribution is 2.37. The van der Waals surface area contributed by atoms with Crippen LogP contribution in [-0.2, 0) is 11.0 Å². The van der Waals surface area contributed by atoms with Crippen LogP contribution in [-0.4, -0.2) is 14.9 Å². The van der Waals surface area contributed by atoms with Crippen molar-refractivity contribution < 1.29 is 9.16 Å². The van der Waals surface area contributed by atoms with E-state index in [1.165, 1.54) is 0 Å². The summed E-state index contributed by atoms with van der Waals surface area (Å²) in [6.07, 6.45) is 1.76. The number of benzene rings is 1. The first-order chi connectivity index (χ1) is 8.78. The molecule has 0 aliphatic carbocycles. The monoisotopic (exact) mass is 278 g/mol. The van der Waals surface area contributed by atoms with Gasteiger partial charge in [-0.05, 0) is 24.2 Å². The molecule has 0 fully saturated rings. The van der Waals surface area contributed by atoms with Crippen LogP contribution in [0.3, 0.4) is 0 Å². The van der Waals surface area contributed by atoms with E-state index in [2.05, 4.69) is 46.5 Å². The van der Waals surface area contributed by atoms with Crippen LogP contribution < -0.4 is 4.74 Å². The predicted octanol–water partition coefficient (Wildman–Crippen LogP) is 4.77. The van der Waals surface area contributed by atoms with Crippen LogP contribution in [0.15, 0.2) is 36.9 Å². The molecule has 1 rings (SSSR count). The van der Waals surface area contributed by atoms with Gasteiger partial charge in [0.1, 0.15) is 12.4 Å². The highest BCUT2D eigenvalue weighted by atomic mass is 28.4. The van der Waals surface area contributed by atoms with Crippen LogP contribution in [0, 0.1) is 0 Å². The van der Waals surface area contributed by atoms with Crippen molar-refractivity contribution in [3.63, 3.8) is 0 Å². The molecule has 1 aromatic carbocycles. The van der Waals surface area contributed by atoms with Gasteiger partial charge in [0.05, 0.1) is 6.61 Å². The van der Waals surface area contributed by atoms with Gasteiger partial charge in [0.15, 0.2) is 8.32 Å². The summed E-state index contributed by atoms with van der Waals surface area (Å²) >= 11 is 0.